The Morgan fingerprint density at radius 2 is 1.75 bits per heavy atom. The summed E-state index contributed by atoms with van der Waals surface area (Å²) in [6, 6.07) is 10.5. The third kappa shape index (κ3) is 2.75. The van der Waals surface area contributed by atoms with E-state index in [1.807, 2.05) is 6.07 Å². The third-order valence-corrected chi connectivity index (χ3v) is 3.34. The molecule has 0 bridgehead atoms. The summed E-state index contributed by atoms with van der Waals surface area (Å²) in [6.07, 6.45) is 4.33. The van der Waals surface area contributed by atoms with Crippen LogP contribution in [0.25, 0.3) is 0 Å². The molecule has 1 saturated carbocycles. The number of rotatable bonds is 2. The van der Waals surface area contributed by atoms with E-state index in [0.29, 0.717) is 5.92 Å². The van der Waals surface area contributed by atoms with E-state index in [-0.39, 0.29) is 6.04 Å². The zero-order chi connectivity index (χ0) is 11.4. The molecule has 0 spiro atoms. The maximum absolute atomic E-state index is 10.7. The Bertz CT molecular complexity index is 342. The lowest BCUT2D eigenvalue weighted by Crippen LogP contribution is -2.40. The topological polar surface area (TPSA) is 55.1 Å². The van der Waals surface area contributed by atoms with Crippen LogP contribution in [0.4, 0.5) is 4.79 Å². The molecule has 1 aromatic carbocycles. The molecule has 2 amide bonds. The number of carbonyl (C=O) groups excluding carboxylic acids is 1. The Hall–Kier alpha value is -1.51. The van der Waals surface area contributed by atoms with E-state index in [4.69, 9.17) is 5.73 Å². The first-order valence-corrected chi connectivity index (χ1v) is 5.86. The van der Waals surface area contributed by atoms with Crippen molar-refractivity contribution in [2.45, 2.75) is 37.6 Å². The van der Waals surface area contributed by atoms with Gasteiger partial charge < -0.3 is 11.1 Å². The molecule has 2 rings (SSSR count). The summed E-state index contributed by atoms with van der Waals surface area (Å²) >= 11 is 0. The fraction of sp³-hybridized carbons (Fsp3) is 0.462. The minimum Gasteiger partial charge on any atom is -0.352 e. The molecule has 86 valence electrons. The first-order valence-electron chi connectivity index (χ1n) is 5.86. The molecule has 0 unspecified atom stereocenters. The molecule has 0 heterocycles. The van der Waals surface area contributed by atoms with Crippen LogP contribution in [0.2, 0.25) is 0 Å². The van der Waals surface area contributed by atoms with Gasteiger partial charge in [0.25, 0.3) is 0 Å². The van der Waals surface area contributed by atoms with Gasteiger partial charge in [-0.15, -0.1) is 0 Å². The van der Waals surface area contributed by atoms with E-state index in [1.54, 1.807) is 0 Å². The lowest BCUT2D eigenvalue weighted by atomic mass is 9.82. The van der Waals surface area contributed by atoms with Crippen LogP contribution < -0.4 is 11.1 Å². The average molecular weight is 218 g/mol. The quantitative estimate of drug-likeness (QED) is 0.786. The molecule has 1 aliphatic rings. The van der Waals surface area contributed by atoms with Crippen LogP contribution >= 0.6 is 0 Å². The van der Waals surface area contributed by atoms with Crippen LogP contribution in [0, 0.1) is 0 Å². The fourth-order valence-electron chi connectivity index (χ4n) is 2.50. The van der Waals surface area contributed by atoms with Gasteiger partial charge >= 0.3 is 6.03 Å². The van der Waals surface area contributed by atoms with Crippen molar-refractivity contribution in [2.24, 2.45) is 5.73 Å². The molecule has 1 aromatic rings. The molecule has 1 aliphatic carbocycles. The molecular formula is C13H18N2O. The van der Waals surface area contributed by atoms with Gasteiger partial charge in [0, 0.05) is 6.04 Å². The number of primary amides is 1. The summed E-state index contributed by atoms with van der Waals surface area (Å²) in [5.74, 6) is 0.645. The number of hydrogen-bond donors (Lipinski definition) is 2. The predicted octanol–water partition coefficient (Wildman–Crippen LogP) is 2.38. The summed E-state index contributed by atoms with van der Waals surface area (Å²) in [6.45, 7) is 0. The largest absolute Gasteiger partial charge is 0.352 e. The molecule has 0 saturated heterocycles. The van der Waals surface area contributed by atoms with E-state index in [0.717, 1.165) is 25.7 Å². The van der Waals surface area contributed by atoms with Gasteiger partial charge in [0.05, 0.1) is 0 Å². The number of hydrogen-bond acceptors (Lipinski definition) is 1. The first-order chi connectivity index (χ1) is 7.75. The van der Waals surface area contributed by atoms with Crippen LogP contribution in [-0.4, -0.2) is 12.1 Å². The van der Waals surface area contributed by atoms with Crippen molar-refractivity contribution in [3.8, 4) is 0 Å². The standard InChI is InChI=1S/C13H18N2O/c14-13(16)15-12-8-6-11(7-9-12)10-4-2-1-3-5-10/h1-5,11-12H,6-9H2,(H3,14,15,16)/t11-,12+. The third-order valence-electron chi connectivity index (χ3n) is 3.34. The number of nitrogens with two attached hydrogens (primary N) is 1. The first kappa shape index (κ1) is 11.0. The number of benzene rings is 1. The molecule has 0 aliphatic heterocycles. The van der Waals surface area contributed by atoms with Gasteiger partial charge in [-0.2, -0.15) is 0 Å². The predicted molar refractivity (Wildman–Crippen MR) is 64.2 cm³/mol. The summed E-state index contributed by atoms with van der Waals surface area (Å²) in [4.78, 5) is 10.7. The lowest BCUT2D eigenvalue weighted by Gasteiger charge is -2.28. The molecule has 3 nitrogen and oxygen atoms in total. The van der Waals surface area contributed by atoms with E-state index in [1.165, 1.54) is 5.56 Å². The molecule has 3 N–H and O–H groups in total. The van der Waals surface area contributed by atoms with E-state index in [9.17, 15) is 4.79 Å². The van der Waals surface area contributed by atoms with E-state index in [2.05, 4.69) is 29.6 Å². The minimum absolute atomic E-state index is 0.275. The molecule has 16 heavy (non-hydrogen) atoms. The highest BCUT2D eigenvalue weighted by molar-refractivity contribution is 5.71. The van der Waals surface area contributed by atoms with Crippen LogP contribution in [-0.2, 0) is 0 Å². The number of carbonyl (C=O) groups is 1. The highest BCUT2D eigenvalue weighted by Gasteiger charge is 2.22. The van der Waals surface area contributed by atoms with Crippen molar-refractivity contribution < 1.29 is 4.79 Å². The maximum atomic E-state index is 10.7. The highest BCUT2D eigenvalue weighted by Crippen LogP contribution is 2.32. The monoisotopic (exact) mass is 218 g/mol. The summed E-state index contributed by atoms with van der Waals surface area (Å²) in [5.41, 5.74) is 6.54. The maximum Gasteiger partial charge on any atom is 0.312 e. The molecule has 3 heteroatoms. The highest BCUT2D eigenvalue weighted by atomic mass is 16.2. The molecule has 0 atom stereocenters. The Kier molecular flexibility index (Phi) is 3.44. The zero-order valence-corrected chi connectivity index (χ0v) is 9.36. The van der Waals surface area contributed by atoms with Crippen LogP contribution in [0.3, 0.4) is 0 Å². The fourth-order valence-corrected chi connectivity index (χ4v) is 2.50. The number of nitrogens with one attached hydrogen (secondary N) is 1. The second-order valence-corrected chi connectivity index (χ2v) is 4.47. The van der Waals surface area contributed by atoms with E-state index < -0.39 is 6.03 Å². The van der Waals surface area contributed by atoms with Crippen LogP contribution in [0.1, 0.15) is 37.2 Å². The smallest absolute Gasteiger partial charge is 0.312 e. The summed E-state index contributed by atoms with van der Waals surface area (Å²) in [7, 11) is 0. The second-order valence-electron chi connectivity index (χ2n) is 4.47. The SMILES string of the molecule is NC(=O)N[C@H]1CC[C@@H](c2ccccc2)CC1. The average Bonchev–Trinajstić information content (AvgIpc) is 2.30. The minimum atomic E-state index is -0.400. The van der Waals surface area contributed by atoms with Crippen LogP contribution in [0.15, 0.2) is 30.3 Å². The van der Waals surface area contributed by atoms with Gasteiger partial charge in [-0.05, 0) is 37.2 Å². The Labute approximate surface area is 96.0 Å². The van der Waals surface area contributed by atoms with Gasteiger partial charge in [-0.1, -0.05) is 30.3 Å². The lowest BCUT2D eigenvalue weighted by molar-refractivity contribution is 0.239. The van der Waals surface area contributed by atoms with E-state index >= 15 is 0 Å². The van der Waals surface area contributed by atoms with Crippen molar-refractivity contribution in [2.75, 3.05) is 0 Å². The molecule has 1 fully saturated rings. The number of urea groups is 1. The molecule has 0 radical (unpaired) electrons. The van der Waals surface area contributed by atoms with Crippen LogP contribution in [0.5, 0.6) is 0 Å². The molecular weight excluding hydrogens is 200 g/mol. The molecule has 0 aromatic heterocycles. The van der Waals surface area contributed by atoms with Gasteiger partial charge in [-0.3, -0.25) is 0 Å². The van der Waals surface area contributed by atoms with Gasteiger partial charge in [0.2, 0.25) is 0 Å². The summed E-state index contributed by atoms with van der Waals surface area (Å²) in [5, 5.41) is 2.79. The Morgan fingerprint density at radius 1 is 1.12 bits per heavy atom. The van der Waals surface area contributed by atoms with Crippen molar-refractivity contribution in [3.63, 3.8) is 0 Å². The van der Waals surface area contributed by atoms with Crippen molar-refractivity contribution >= 4 is 6.03 Å². The summed E-state index contributed by atoms with van der Waals surface area (Å²) < 4.78 is 0. The Balaban J connectivity index is 1.88. The second kappa shape index (κ2) is 5.01. The van der Waals surface area contributed by atoms with Crippen molar-refractivity contribution in [3.05, 3.63) is 35.9 Å². The number of amides is 2. The van der Waals surface area contributed by atoms with Gasteiger partial charge in [0.1, 0.15) is 0 Å². The van der Waals surface area contributed by atoms with Gasteiger partial charge in [-0.25, -0.2) is 4.79 Å². The zero-order valence-electron chi connectivity index (χ0n) is 9.36. The van der Waals surface area contributed by atoms with Crippen molar-refractivity contribution in [1.29, 1.82) is 0 Å². The van der Waals surface area contributed by atoms with Gasteiger partial charge in [0.15, 0.2) is 0 Å². The van der Waals surface area contributed by atoms with Crippen molar-refractivity contribution in [1.82, 2.24) is 5.32 Å². The normalized spacial score (nSPS) is 25.0. The Morgan fingerprint density at radius 3 is 2.31 bits per heavy atom.